The molecule has 0 radical (unpaired) electrons. The van der Waals surface area contributed by atoms with Crippen LogP contribution in [0.15, 0.2) is 0 Å². The van der Waals surface area contributed by atoms with Crippen molar-refractivity contribution in [1.82, 2.24) is 0 Å². The third-order valence-corrected chi connectivity index (χ3v) is 2.14. The molecule has 106 valence electrons. The first kappa shape index (κ1) is 14.9. The van der Waals surface area contributed by atoms with Crippen molar-refractivity contribution in [2.24, 2.45) is 5.73 Å². The second-order valence-electron chi connectivity index (χ2n) is 3.30. The minimum absolute atomic E-state index is 2.23. The summed E-state index contributed by atoms with van der Waals surface area (Å²) in [6.07, 6.45) is -6.36. The van der Waals surface area contributed by atoms with Crippen molar-refractivity contribution in [3.8, 4) is 0 Å². The van der Waals surface area contributed by atoms with Crippen LogP contribution in [-0.2, 0) is 9.53 Å². The van der Waals surface area contributed by atoms with Crippen molar-refractivity contribution in [2.75, 3.05) is 0 Å². The van der Waals surface area contributed by atoms with E-state index in [0.717, 1.165) is 0 Å². The molecule has 18 heavy (non-hydrogen) atoms. The molecule has 0 bridgehead atoms. The first-order valence-corrected chi connectivity index (χ1v) is 3.85. The van der Waals surface area contributed by atoms with Crippen molar-refractivity contribution in [1.29, 1.82) is 0 Å². The van der Waals surface area contributed by atoms with Crippen LogP contribution in [0.3, 0.4) is 0 Å². The van der Waals surface area contributed by atoms with Crippen LogP contribution in [0.25, 0.3) is 0 Å². The van der Waals surface area contributed by atoms with Crippen molar-refractivity contribution in [2.45, 2.75) is 29.7 Å². The van der Waals surface area contributed by atoms with Gasteiger partial charge in [-0.1, -0.05) is 0 Å². The lowest BCUT2D eigenvalue weighted by molar-refractivity contribution is -0.523. The molecule has 1 rings (SSSR count). The fraction of sp³-hybridized carbons (Fsp3) is 0.833. The van der Waals surface area contributed by atoms with Crippen molar-refractivity contribution in [3.05, 3.63) is 0 Å². The summed E-state index contributed by atoms with van der Waals surface area (Å²) in [6, 6.07) is 0. The van der Waals surface area contributed by atoms with Gasteiger partial charge < -0.3 is 5.73 Å². The molecule has 1 aliphatic rings. The number of amides is 1. The Bertz CT molecular complexity index is 395. The molecule has 1 amide bonds. The number of nitrogens with two attached hydrogens (primary N) is 1. The Morgan fingerprint density at radius 3 is 1.50 bits per heavy atom. The second kappa shape index (κ2) is 3.22. The second-order valence-corrected chi connectivity index (χ2v) is 3.30. The van der Waals surface area contributed by atoms with E-state index < -0.39 is 35.6 Å². The van der Waals surface area contributed by atoms with E-state index in [-0.39, 0.29) is 0 Å². The fourth-order valence-electron chi connectivity index (χ4n) is 1.09. The predicted molar refractivity (Wildman–Crippen MR) is 33.9 cm³/mol. The zero-order valence-electron chi connectivity index (χ0n) is 7.80. The SMILES string of the molecule is NC(=O)C1(F)OC(F)(F)C(F)(F)C(F)(F)C1(F)F. The Morgan fingerprint density at radius 1 is 0.778 bits per heavy atom. The van der Waals surface area contributed by atoms with Crippen LogP contribution in [0.2, 0.25) is 0 Å². The number of halogens is 9. The molecule has 1 atom stereocenters. The molecule has 1 fully saturated rings. The summed E-state index contributed by atoms with van der Waals surface area (Å²) >= 11 is 0. The van der Waals surface area contributed by atoms with E-state index in [0.29, 0.717) is 0 Å². The van der Waals surface area contributed by atoms with Crippen molar-refractivity contribution < 1.29 is 49.0 Å². The molecule has 1 saturated heterocycles. The van der Waals surface area contributed by atoms with Crippen molar-refractivity contribution in [3.63, 3.8) is 0 Å². The molecule has 0 saturated carbocycles. The van der Waals surface area contributed by atoms with E-state index in [9.17, 15) is 44.3 Å². The quantitative estimate of drug-likeness (QED) is 0.747. The number of alkyl halides is 9. The zero-order chi connectivity index (χ0) is 14.8. The van der Waals surface area contributed by atoms with Gasteiger partial charge in [-0.3, -0.25) is 9.53 Å². The molecule has 1 heterocycles. The number of ether oxygens (including phenoxy) is 1. The summed E-state index contributed by atoms with van der Waals surface area (Å²) in [7, 11) is 0. The van der Waals surface area contributed by atoms with Gasteiger partial charge in [-0.05, 0) is 0 Å². The molecular formula is C6H2F9NO2. The van der Waals surface area contributed by atoms with E-state index in [4.69, 9.17) is 0 Å². The molecule has 0 aliphatic carbocycles. The van der Waals surface area contributed by atoms with Crippen LogP contribution in [0.5, 0.6) is 0 Å². The maximum absolute atomic E-state index is 13.1. The zero-order valence-corrected chi connectivity index (χ0v) is 7.80. The van der Waals surface area contributed by atoms with Crippen LogP contribution in [0.4, 0.5) is 39.5 Å². The third-order valence-electron chi connectivity index (χ3n) is 2.14. The molecule has 2 N–H and O–H groups in total. The summed E-state index contributed by atoms with van der Waals surface area (Å²) < 4.78 is 116. The number of carbonyl (C=O) groups excluding carboxylic acids is 1. The van der Waals surface area contributed by atoms with E-state index in [1.165, 1.54) is 0 Å². The maximum atomic E-state index is 13.1. The smallest absolute Gasteiger partial charge is 0.364 e. The van der Waals surface area contributed by atoms with Crippen LogP contribution in [0.1, 0.15) is 0 Å². The predicted octanol–water partition coefficient (Wildman–Crippen LogP) is 1.67. The minimum Gasteiger partial charge on any atom is -0.364 e. The lowest BCUT2D eigenvalue weighted by Crippen LogP contribution is -2.78. The highest BCUT2D eigenvalue weighted by Gasteiger charge is 2.94. The normalized spacial score (nSPS) is 36.1. The lowest BCUT2D eigenvalue weighted by Gasteiger charge is -2.46. The van der Waals surface area contributed by atoms with Gasteiger partial charge in [0.25, 0.3) is 5.91 Å². The van der Waals surface area contributed by atoms with Crippen LogP contribution < -0.4 is 5.73 Å². The molecule has 0 aromatic rings. The fourth-order valence-corrected chi connectivity index (χ4v) is 1.09. The number of hydrogen-bond acceptors (Lipinski definition) is 2. The summed E-state index contributed by atoms with van der Waals surface area (Å²) in [5.41, 5.74) is 3.88. The lowest BCUT2D eigenvalue weighted by atomic mass is 9.93. The first-order chi connectivity index (χ1) is 7.65. The summed E-state index contributed by atoms with van der Waals surface area (Å²) in [5, 5.41) is 0. The van der Waals surface area contributed by atoms with Gasteiger partial charge >= 0.3 is 29.7 Å². The van der Waals surface area contributed by atoms with Gasteiger partial charge in [0.2, 0.25) is 0 Å². The Kier molecular flexibility index (Phi) is 2.66. The van der Waals surface area contributed by atoms with Crippen LogP contribution in [0, 0.1) is 0 Å². The first-order valence-electron chi connectivity index (χ1n) is 3.85. The highest BCUT2D eigenvalue weighted by atomic mass is 19.4. The van der Waals surface area contributed by atoms with Gasteiger partial charge in [-0.25, -0.2) is 0 Å². The molecule has 1 unspecified atom stereocenters. The summed E-state index contributed by atoms with van der Waals surface area (Å²) in [6.45, 7) is 0. The monoisotopic (exact) mass is 291 g/mol. The number of hydrogen-bond donors (Lipinski definition) is 1. The van der Waals surface area contributed by atoms with Gasteiger partial charge in [-0.2, -0.15) is 39.5 Å². The van der Waals surface area contributed by atoms with Crippen molar-refractivity contribution >= 4 is 5.91 Å². The standard InChI is InChI=1S/C6H2F9NO2/c7-2(1(16)17)3(8,9)4(10,11)5(12,13)6(14,15)18-2/h(H2,16,17). The van der Waals surface area contributed by atoms with E-state index in [1.54, 1.807) is 0 Å². The van der Waals surface area contributed by atoms with E-state index in [1.807, 2.05) is 0 Å². The van der Waals surface area contributed by atoms with Crippen LogP contribution in [-0.4, -0.2) is 35.6 Å². The highest BCUT2D eigenvalue weighted by molar-refractivity contribution is 5.83. The van der Waals surface area contributed by atoms with Gasteiger partial charge in [0, 0.05) is 0 Å². The molecule has 3 nitrogen and oxygen atoms in total. The van der Waals surface area contributed by atoms with Crippen LogP contribution >= 0.6 is 0 Å². The molecule has 1 aliphatic heterocycles. The third kappa shape index (κ3) is 1.29. The van der Waals surface area contributed by atoms with Gasteiger partial charge in [0.1, 0.15) is 0 Å². The summed E-state index contributed by atoms with van der Waals surface area (Å²) in [5.74, 6) is -29.1. The average Bonchev–Trinajstić information content (AvgIpc) is 2.13. The van der Waals surface area contributed by atoms with E-state index >= 15 is 0 Å². The van der Waals surface area contributed by atoms with E-state index in [2.05, 4.69) is 10.5 Å². The number of primary amides is 1. The Balaban J connectivity index is 3.57. The molecular weight excluding hydrogens is 289 g/mol. The Morgan fingerprint density at radius 2 is 1.17 bits per heavy atom. The number of carbonyl (C=O) groups is 1. The molecule has 12 heteroatoms. The van der Waals surface area contributed by atoms with Gasteiger partial charge in [-0.15, -0.1) is 0 Å². The van der Waals surface area contributed by atoms with Gasteiger partial charge in [0.05, 0.1) is 0 Å². The Labute approximate surface area is 91.7 Å². The maximum Gasteiger partial charge on any atom is 0.429 e. The average molecular weight is 291 g/mol. The van der Waals surface area contributed by atoms with Gasteiger partial charge in [0.15, 0.2) is 0 Å². The number of rotatable bonds is 1. The Hall–Kier alpha value is -1.20. The molecule has 0 aromatic carbocycles. The summed E-state index contributed by atoms with van der Waals surface area (Å²) in [4.78, 5) is 10.2. The molecule has 0 spiro atoms. The highest BCUT2D eigenvalue weighted by Crippen LogP contribution is 2.62. The molecule has 0 aromatic heterocycles. The minimum atomic E-state index is -6.90. The topological polar surface area (TPSA) is 52.3 Å². The largest absolute Gasteiger partial charge is 0.429 e.